The molecule has 1 rings (SSSR count). The maximum atomic E-state index is 12.0. The molecule has 1 atom stereocenters. The quantitative estimate of drug-likeness (QED) is 0.580. The number of para-hydroxylation sites is 1. The van der Waals surface area contributed by atoms with Crippen LogP contribution in [0.3, 0.4) is 0 Å². The van der Waals surface area contributed by atoms with Gasteiger partial charge in [-0.05, 0) is 19.1 Å². The van der Waals surface area contributed by atoms with Gasteiger partial charge < -0.3 is 9.64 Å². The van der Waals surface area contributed by atoms with Crippen LogP contribution >= 0.6 is 0 Å². The van der Waals surface area contributed by atoms with Crippen LogP contribution in [-0.2, 0) is 4.79 Å². The van der Waals surface area contributed by atoms with E-state index in [2.05, 4.69) is 5.92 Å². The second kappa shape index (κ2) is 6.98. The van der Waals surface area contributed by atoms with Crippen molar-refractivity contribution in [1.29, 1.82) is 5.26 Å². The van der Waals surface area contributed by atoms with Crippen molar-refractivity contribution in [2.45, 2.75) is 13.0 Å². The van der Waals surface area contributed by atoms with E-state index in [1.54, 1.807) is 19.1 Å². The summed E-state index contributed by atoms with van der Waals surface area (Å²) in [5.41, 5.74) is 0. The molecule has 0 bridgehead atoms. The van der Waals surface area contributed by atoms with Crippen molar-refractivity contribution < 1.29 is 9.53 Å². The Labute approximate surface area is 107 Å². The predicted molar refractivity (Wildman–Crippen MR) is 67.6 cm³/mol. The Bertz CT molecular complexity index is 455. The van der Waals surface area contributed by atoms with E-state index in [0.717, 1.165) is 0 Å². The number of nitrogens with zero attached hydrogens (tertiary/aromatic N) is 2. The maximum absolute atomic E-state index is 12.0. The molecular weight excluding hydrogens is 228 g/mol. The SMILES string of the molecule is C#CCN(CC#N)C(=O)[C@H](C)Oc1ccccc1. The molecule has 0 aliphatic rings. The van der Waals surface area contributed by atoms with Gasteiger partial charge in [-0.1, -0.05) is 24.1 Å². The number of terminal acetylenes is 1. The Hall–Kier alpha value is -2.46. The summed E-state index contributed by atoms with van der Waals surface area (Å²) < 4.78 is 5.48. The number of benzene rings is 1. The lowest BCUT2D eigenvalue weighted by Crippen LogP contribution is -2.40. The van der Waals surface area contributed by atoms with Crippen LogP contribution in [0.25, 0.3) is 0 Å². The summed E-state index contributed by atoms with van der Waals surface area (Å²) in [6.07, 6.45) is 4.48. The average molecular weight is 242 g/mol. The monoisotopic (exact) mass is 242 g/mol. The molecule has 4 nitrogen and oxygen atoms in total. The number of hydrogen-bond acceptors (Lipinski definition) is 3. The van der Waals surface area contributed by atoms with Crippen molar-refractivity contribution in [2.24, 2.45) is 0 Å². The van der Waals surface area contributed by atoms with Crippen molar-refractivity contribution in [2.75, 3.05) is 13.1 Å². The van der Waals surface area contributed by atoms with Crippen LogP contribution in [-0.4, -0.2) is 30.0 Å². The minimum Gasteiger partial charge on any atom is -0.481 e. The van der Waals surface area contributed by atoms with Gasteiger partial charge in [-0.2, -0.15) is 5.26 Å². The molecule has 4 heteroatoms. The van der Waals surface area contributed by atoms with Crippen LogP contribution in [0.2, 0.25) is 0 Å². The summed E-state index contributed by atoms with van der Waals surface area (Å²) in [5, 5.41) is 8.63. The normalized spacial score (nSPS) is 10.8. The van der Waals surface area contributed by atoms with Gasteiger partial charge in [-0.25, -0.2) is 0 Å². The Kier molecular flexibility index (Phi) is 5.28. The molecular formula is C14H14N2O2. The molecule has 0 aromatic heterocycles. The fraction of sp³-hybridized carbons (Fsp3) is 0.286. The highest BCUT2D eigenvalue weighted by molar-refractivity contribution is 5.81. The van der Waals surface area contributed by atoms with Gasteiger partial charge in [0.25, 0.3) is 5.91 Å². The van der Waals surface area contributed by atoms with Crippen LogP contribution < -0.4 is 4.74 Å². The van der Waals surface area contributed by atoms with E-state index >= 15 is 0 Å². The molecule has 0 N–H and O–H groups in total. The standard InChI is InChI=1S/C14H14N2O2/c1-3-10-16(11-9-15)14(17)12(2)18-13-7-5-4-6-8-13/h1,4-8,12H,10-11H2,2H3/t12-/m0/s1. The summed E-state index contributed by atoms with van der Waals surface area (Å²) in [4.78, 5) is 13.3. The molecule has 0 fully saturated rings. The highest BCUT2D eigenvalue weighted by atomic mass is 16.5. The van der Waals surface area contributed by atoms with E-state index in [1.807, 2.05) is 24.3 Å². The van der Waals surface area contributed by atoms with Crippen LogP contribution in [0.15, 0.2) is 30.3 Å². The van der Waals surface area contributed by atoms with Crippen molar-refractivity contribution in [1.82, 2.24) is 4.90 Å². The molecule has 0 radical (unpaired) electrons. The van der Waals surface area contributed by atoms with Crippen molar-refractivity contribution in [3.8, 4) is 24.2 Å². The van der Waals surface area contributed by atoms with Gasteiger partial charge in [-0.15, -0.1) is 6.42 Å². The number of rotatable bonds is 5. The highest BCUT2D eigenvalue weighted by Gasteiger charge is 2.21. The first-order valence-corrected chi connectivity index (χ1v) is 5.50. The fourth-order valence-electron chi connectivity index (χ4n) is 1.42. The smallest absolute Gasteiger partial charge is 0.264 e. The largest absolute Gasteiger partial charge is 0.481 e. The first-order valence-electron chi connectivity index (χ1n) is 5.50. The molecule has 1 amide bonds. The Morgan fingerprint density at radius 3 is 2.67 bits per heavy atom. The first kappa shape index (κ1) is 13.6. The van der Waals surface area contributed by atoms with E-state index in [4.69, 9.17) is 16.4 Å². The lowest BCUT2D eigenvalue weighted by Gasteiger charge is -2.21. The molecule has 92 valence electrons. The summed E-state index contributed by atoms with van der Waals surface area (Å²) >= 11 is 0. The van der Waals surface area contributed by atoms with Crippen molar-refractivity contribution in [3.63, 3.8) is 0 Å². The number of nitriles is 1. The number of ether oxygens (including phenoxy) is 1. The molecule has 0 saturated heterocycles. The van der Waals surface area contributed by atoms with E-state index in [9.17, 15) is 4.79 Å². The van der Waals surface area contributed by atoms with Gasteiger partial charge in [0.05, 0.1) is 12.6 Å². The van der Waals surface area contributed by atoms with Gasteiger partial charge in [0.15, 0.2) is 6.10 Å². The molecule has 0 spiro atoms. The zero-order chi connectivity index (χ0) is 13.4. The van der Waals surface area contributed by atoms with Gasteiger partial charge in [0.1, 0.15) is 12.3 Å². The topological polar surface area (TPSA) is 53.3 Å². The van der Waals surface area contributed by atoms with Gasteiger partial charge >= 0.3 is 0 Å². The summed E-state index contributed by atoms with van der Waals surface area (Å²) in [6, 6.07) is 10.9. The van der Waals surface area contributed by atoms with Gasteiger partial charge in [-0.3, -0.25) is 4.79 Å². The molecule has 0 aliphatic heterocycles. The summed E-state index contributed by atoms with van der Waals surface area (Å²) in [6.45, 7) is 1.70. The minimum atomic E-state index is -0.672. The second-order valence-corrected chi connectivity index (χ2v) is 3.63. The molecule has 1 aromatic carbocycles. The zero-order valence-corrected chi connectivity index (χ0v) is 10.2. The van der Waals surface area contributed by atoms with E-state index in [1.165, 1.54) is 4.90 Å². The maximum Gasteiger partial charge on any atom is 0.264 e. The molecule has 0 saturated carbocycles. The predicted octanol–water partition coefficient (Wildman–Crippen LogP) is 1.44. The minimum absolute atomic E-state index is 0.0362. The van der Waals surface area contributed by atoms with E-state index in [-0.39, 0.29) is 19.0 Å². The lowest BCUT2D eigenvalue weighted by atomic mass is 10.3. The van der Waals surface area contributed by atoms with Crippen LogP contribution in [0, 0.1) is 23.7 Å². The van der Waals surface area contributed by atoms with Crippen molar-refractivity contribution >= 4 is 5.91 Å². The Morgan fingerprint density at radius 2 is 2.11 bits per heavy atom. The number of carbonyl (C=O) groups is 1. The zero-order valence-electron chi connectivity index (χ0n) is 10.2. The lowest BCUT2D eigenvalue weighted by molar-refractivity contribution is -0.136. The third-order valence-corrected chi connectivity index (χ3v) is 2.26. The van der Waals surface area contributed by atoms with Crippen LogP contribution in [0.4, 0.5) is 0 Å². The third-order valence-electron chi connectivity index (χ3n) is 2.26. The van der Waals surface area contributed by atoms with E-state index in [0.29, 0.717) is 5.75 Å². The number of amides is 1. The van der Waals surface area contributed by atoms with Gasteiger partial charge in [0.2, 0.25) is 0 Å². The highest BCUT2D eigenvalue weighted by Crippen LogP contribution is 2.11. The molecule has 0 aliphatic carbocycles. The second-order valence-electron chi connectivity index (χ2n) is 3.63. The third kappa shape index (κ3) is 3.84. The summed E-state index contributed by atoms with van der Waals surface area (Å²) in [7, 11) is 0. The van der Waals surface area contributed by atoms with Crippen molar-refractivity contribution in [3.05, 3.63) is 30.3 Å². The Morgan fingerprint density at radius 1 is 1.44 bits per heavy atom. The first-order chi connectivity index (χ1) is 8.69. The number of hydrogen-bond donors (Lipinski definition) is 0. The molecule has 18 heavy (non-hydrogen) atoms. The van der Waals surface area contributed by atoms with Crippen LogP contribution in [0.1, 0.15) is 6.92 Å². The Balaban J connectivity index is 2.65. The molecule has 0 heterocycles. The van der Waals surface area contributed by atoms with Gasteiger partial charge in [0, 0.05) is 0 Å². The molecule has 1 aromatic rings. The molecule has 0 unspecified atom stereocenters. The fourth-order valence-corrected chi connectivity index (χ4v) is 1.42. The average Bonchev–Trinajstić information content (AvgIpc) is 2.39. The van der Waals surface area contributed by atoms with Crippen LogP contribution in [0.5, 0.6) is 5.75 Å². The van der Waals surface area contributed by atoms with E-state index < -0.39 is 6.10 Å². The number of carbonyl (C=O) groups excluding carboxylic acids is 1. The summed E-state index contributed by atoms with van der Waals surface area (Å²) in [5.74, 6) is 2.66.